The normalized spacial score (nSPS) is 23.1. The zero-order valence-corrected chi connectivity index (χ0v) is 12.9. The number of methoxy groups -OCH3 is 1. The molecule has 0 aliphatic carbocycles. The van der Waals surface area contributed by atoms with Crippen LogP contribution in [0.4, 0.5) is 0 Å². The summed E-state index contributed by atoms with van der Waals surface area (Å²) >= 11 is 0. The molecule has 21 heavy (non-hydrogen) atoms. The van der Waals surface area contributed by atoms with E-state index in [1.807, 2.05) is 0 Å². The van der Waals surface area contributed by atoms with E-state index in [1.54, 1.807) is 19.1 Å². The van der Waals surface area contributed by atoms with Crippen molar-refractivity contribution in [2.24, 2.45) is 5.41 Å². The van der Waals surface area contributed by atoms with Crippen molar-refractivity contribution < 1.29 is 23.1 Å². The van der Waals surface area contributed by atoms with E-state index in [1.165, 1.54) is 23.5 Å². The van der Waals surface area contributed by atoms with Crippen molar-refractivity contribution in [3.63, 3.8) is 0 Å². The first kappa shape index (κ1) is 15.8. The summed E-state index contributed by atoms with van der Waals surface area (Å²) in [6, 6.07) is 6.10. The fraction of sp³-hybridized carbons (Fsp3) is 0.500. The fourth-order valence-corrected chi connectivity index (χ4v) is 4.08. The lowest BCUT2D eigenvalue weighted by Gasteiger charge is -2.23. The van der Waals surface area contributed by atoms with Crippen LogP contribution in [-0.2, 0) is 14.8 Å². The quantitative estimate of drug-likeness (QED) is 0.892. The maximum Gasteiger partial charge on any atom is 0.311 e. The van der Waals surface area contributed by atoms with Gasteiger partial charge in [0, 0.05) is 13.1 Å². The molecule has 116 valence electrons. The Labute approximate surface area is 124 Å². The van der Waals surface area contributed by atoms with E-state index < -0.39 is 21.4 Å². The van der Waals surface area contributed by atoms with Gasteiger partial charge in [-0.25, -0.2) is 8.42 Å². The van der Waals surface area contributed by atoms with E-state index in [0.717, 1.165) is 0 Å². The van der Waals surface area contributed by atoms with Crippen molar-refractivity contribution in [1.29, 1.82) is 0 Å². The zero-order valence-electron chi connectivity index (χ0n) is 12.1. The predicted octanol–water partition coefficient (Wildman–Crippen LogP) is 1.57. The lowest BCUT2D eigenvalue weighted by molar-refractivity contribution is -0.148. The number of carboxylic acids is 1. The monoisotopic (exact) mass is 313 g/mol. The summed E-state index contributed by atoms with van der Waals surface area (Å²) < 4.78 is 31.4. The fourth-order valence-electron chi connectivity index (χ4n) is 2.55. The Morgan fingerprint density at radius 1 is 1.38 bits per heavy atom. The highest BCUT2D eigenvalue weighted by atomic mass is 32.2. The summed E-state index contributed by atoms with van der Waals surface area (Å²) in [5.41, 5.74) is -0.973. The molecule has 1 aliphatic rings. The van der Waals surface area contributed by atoms with Crippen LogP contribution >= 0.6 is 0 Å². The van der Waals surface area contributed by atoms with Crippen LogP contribution in [0.25, 0.3) is 0 Å². The van der Waals surface area contributed by atoms with Gasteiger partial charge in [0.15, 0.2) is 0 Å². The van der Waals surface area contributed by atoms with Gasteiger partial charge in [-0.3, -0.25) is 4.79 Å². The van der Waals surface area contributed by atoms with Gasteiger partial charge in [-0.2, -0.15) is 4.31 Å². The molecule has 1 fully saturated rings. The van der Waals surface area contributed by atoms with Crippen molar-refractivity contribution in [1.82, 2.24) is 4.31 Å². The Bertz CT molecular complexity index is 625. The number of benzene rings is 1. The van der Waals surface area contributed by atoms with E-state index in [9.17, 15) is 18.3 Å². The third-order valence-corrected chi connectivity index (χ3v) is 6.01. The van der Waals surface area contributed by atoms with E-state index in [2.05, 4.69) is 0 Å². The summed E-state index contributed by atoms with van der Waals surface area (Å²) in [5, 5.41) is 9.35. The number of hydrogen-bond donors (Lipinski definition) is 1. The van der Waals surface area contributed by atoms with Crippen LogP contribution < -0.4 is 4.74 Å². The maximum absolute atomic E-state index is 12.6. The Morgan fingerprint density at radius 3 is 2.43 bits per heavy atom. The molecule has 6 nitrogen and oxygen atoms in total. The van der Waals surface area contributed by atoms with Gasteiger partial charge in [0.2, 0.25) is 10.0 Å². The number of hydrogen-bond acceptors (Lipinski definition) is 4. The summed E-state index contributed by atoms with van der Waals surface area (Å²) in [5.74, 6) is -0.360. The van der Waals surface area contributed by atoms with Crippen molar-refractivity contribution >= 4 is 16.0 Å². The Kier molecular flexibility index (Phi) is 4.25. The van der Waals surface area contributed by atoms with Crippen LogP contribution in [0, 0.1) is 5.41 Å². The number of ether oxygens (including phenoxy) is 1. The van der Waals surface area contributed by atoms with Crippen LogP contribution in [0.5, 0.6) is 5.75 Å². The molecule has 1 aromatic carbocycles. The second kappa shape index (κ2) is 5.65. The van der Waals surface area contributed by atoms with Crippen LogP contribution in [-0.4, -0.2) is 44.0 Å². The largest absolute Gasteiger partial charge is 0.497 e. The molecule has 0 aromatic heterocycles. The highest BCUT2D eigenvalue weighted by Gasteiger charge is 2.47. The summed E-state index contributed by atoms with van der Waals surface area (Å²) in [6.07, 6.45) is 0.755. The number of aliphatic carboxylic acids is 1. The van der Waals surface area contributed by atoms with Crippen molar-refractivity contribution in [3.8, 4) is 5.75 Å². The molecule has 1 unspecified atom stereocenters. The smallest absolute Gasteiger partial charge is 0.311 e. The lowest BCUT2D eigenvalue weighted by atomic mass is 9.85. The summed E-state index contributed by atoms with van der Waals surface area (Å²) in [4.78, 5) is 11.6. The number of rotatable bonds is 5. The van der Waals surface area contributed by atoms with Crippen molar-refractivity contribution in [2.45, 2.75) is 24.7 Å². The van der Waals surface area contributed by atoms with Crippen LogP contribution in [0.1, 0.15) is 19.8 Å². The van der Waals surface area contributed by atoms with Crippen molar-refractivity contribution in [3.05, 3.63) is 24.3 Å². The van der Waals surface area contributed by atoms with Gasteiger partial charge in [-0.05, 0) is 37.1 Å². The Hall–Kier alpha value is -1.60. The van der Waals surface area contributed by atoms with E-state index in [-0.39, 0.29) is 18.0 Å². The number of carbonyl (C=O) groups is 1. The molecule has 7 heteroatoms. The molecule has 0 bridgehead atoms. The van der Waals surface area contributed by atoms with Gasteiger partial charge in [-0.1, -0.05) is 6.92 Å². The third kappa shape index (κ3) is 2.75. The second-order valence-electron chi connectivity index (χ2n) is 5.20. The minimum absolute atomic E-state index is 0.0210. The Morgan fingerprint density at radius 2 is 2.00 bits per heavy atom. The van der Waals surface area contributed by atoms with Gasteiger partial charge in [-0.15, -0.1) is 0 Å². The standard InChI is InChI=1S/C14H19NO5S/c1-3-14(13(16)17)8-9-15(10-14)21(18,19)12-6-4-11(20-2)5-7-12/h4-7H,3,8-10H2,1-2H3,(H,16,17). The molecule has 1 aliphatic heterocycles. The first-order valence-corrected chi connectivity index (χ1v) is 8.17. The molecule has 1 atom stereocenters. The highest BCUT2D eigenvalue weighted by molar-refractivity contribution is 7.89. The summed E-state index contributed by atoms with van der Waals surface area (Å²) in [7, 11) is -2.16. The van der Waals surface area contributed by atoms with E-state index in [4.69, 9.17) is 4.74 Å². The molecule has 1 saturated heterocycles. The maximum atomic E-state index is 12.6. The van der Waals surface area contributed by atoms with Crippen LogP contribution in [0.2, 0.25) is 0 Å². The minimum atomic E-state index is -3.66. The average molecular weight is 313 g/mol. The molecular weight excluding hydrogens is 294 g/mol. The predicted molar refractivity (Wildman–Crippen MR) is 76.7 cm³/mol. The van der Waals surface area contributed by atoms with Gasteiger partial charge >= 0.3 is 5.97 Å². The molecular formula is C14H19NO5S. The lowest BCUT2D eigenvalue weighted by Crippen LogP contribution is -2.36. The molecule has 1 N–H and O–H groups in total. The molecule has 0 amide bonds. The zero-order chi connectivity index (χ0) is 15.7. The van der Waals surface area contributed by atoms with Crippen molar-refractivity contribution in [2.75, 3.05) is 20.2 Å². The van der Waals surface area contributed by atoms with E-state index >= 15 is 0 Å². The van der Waals surface area contributed by atoms with Gasteiger partial charge in [0.05, 0.1) is 17.4 Å². The Balaban J connectivity index is 2.27. The molecule has 1 aromatic rings. The van der Waals surface area contributed by atoms with Crippen LogP contribution in [0.15, 0.2) is 29.2 Å². The van der Waals surface area contributed by atoms with Gasteiger partial charge in [0.25, 0.3) is 0 Å². The van der Waals surface area contributed by atoms with Crippen LogP contribution in [0.3, 0.4) is 0 Å². The third-order valence-electron chi connectivity index (χ3n) is 4.15. The van der Waals surface area contributed by atoms with Gasteiger partial charge in [0.1, 0.15) is 5.75 Å². The summed E-state index contributed by atoms with van der Waals surface area (Å²) in [6.45, 7) is 2.03. The molecule has 2 rings (SSSR count). The first-order valence-electron chi connectivity index (χ1n) is 6.73. The highest BCUT2D eigenvalue weighted by Crippen LogP contribution is 2.37. The number of carboxylic acid groups (broad SMARTS) is 1. The minimum Gasteiger partial charge on any atom is -0.497 e. The molecule has 1 heterocycles. The van der Waals surface area contributed by atoms with E-state index in [0.29, 0.717) is 18.6 Å². The topological polar surface area (TPSA) is 83.9 Å². The SMILES string of the molecule is CCC1(C(=O)O)CCN(S(=O)(=O)c2ccc(OC)cc2)C1. The molecule has 0 saturated carbocycles. The second-order valence-corrected chi connectivity index (χ2v) is 7.14. The molecule has 0 radical (unpaired) electrons. The first-order chi connectivity index (χ1) is 9.85. The number of nitrogens with zero attached hydrogens (tertiary/aromatic N) is 1. The average Bonchev–Trinajstić information content (AvgIpc) is 2.94. The molecule has 0 spiro atoms. The van der Waals surface area contributed by atoms with Gasteiger partial charge < -0.3 is 9.84 Å². The number of sulfonamides is 1.